The molecule has 9 aromatic rings. The number of nitrogens with one attached hydrogen (secondary N) is 2. The molecule has 0 saturated heterocycles. The van der Waals surface area contributed by atoms with Crippen LogP contribution in [-0.4, -0.2) is 20.4 Å². The van der Waals surface area contributed by atoms with Crippen LogP contribution in [0.3, 0.4) is 0 Å². The van der Waals surface area contributed by atoms with Gasteiger partial charge >= 0.3 is 0 Å². The first-order valence-corrected chi connectivity index (χ1v) is 15.9. The predicted octanol–water partition coefficient (Wildman–Crippen LogP) is 9.38. The lowest BCUT2D eigenvalue weighted by Crippen LogP contribution is -2.39. The van der Waals surface area contributed by atoms with Gasteiger partial charge in [-0.1, -0.05) is 109 Å². The molecule has 1 atom stereocenters. The Labute approximate surface area is 266 Å². The topological polar surface area (TPSA) is 38.9 Å². The van der Waals surface area contributed by atoms with E-state index in [-0.39, 0.29) is 6.17 Å². The fraction of sp³-hybridized carbons (Fsp3) is 0.0732. The molecular weight excluding hydrogens is 562 g/mol. The lowest BCUT2D eigenvalue weighted by molar-refractivity contribution is 0.471. The van der Waals surface area contributed by atoms with E-state index in [2.05, 4.69) is 183 Å². The number of hydrogen-bond acceptors (Lipinski definition) is 2. The number of para-hydroxylation sites is 6. The molecule has 0 spiro atoms. The zero-order valence-electron chi connectivity index (χ0n) is 25.6. The summed E-state index contributed by atoms with van der Waals surface area (Å²) in [7, 11) is 2.12. The van der Waals surface area contributed by atoms with Crippen LogP contribution >= 0.6 is 0 Å². The highest BCUT2D eigenvalue weighted by Gasteiger charge is 2.22. The fourth-order valence-corrected chi connectivity index (χ4v) is 7.38. The fourth-order valence-electron chi connectivity index (χ4n) is 7.38. The van der Waals surface area contributed by atoms with Crippen LogP contribution in [-0.2, 0) is 7.05 Å². The molecule has 222 valence electrons. The number of rotatable bonds is 2. The van der Waals surface area contributed by atoms with Crippen molar-refractivity contribution in [2.45, 2.75) is 6.17 Å². The predicted molar refractivity (Wildman–Crippen MR) is 194 cm³/mol. The molecule has 6 aromatic carbocycles. The molecule has 4 heterocycles. The summed E-state index contributed by atoms with van der Waals surface area (Å²) in [6.45, 7) is 0.693. The summed E-state index contributed by atoms with van der Waals surface area (Å²) >= 11 is 0. The van der Waals surface area contributed by atoms with Gasteiger partial charge in [-0.25, -0.2) is 0 Å². The maximum Gasteiger partial charge on any atom is 0.111 e. The second-order valence-electron chi connectivity index (χ2n) is 11.9. The quantitative estimate of drug-likeness (QED) is 0.209. The first kappa shape index (κ1) is 26.6. The van der Waals surface area contributed by atoms with E-state index in [4.69, 9.17) is 0 Å². The monoisotopic (exact) mass is 595 g/mol. The summed E-state index contributed by atoms with van der Waals surface area (Å²) in [4.78, 5) is 0. The summed E-state index contributed by atoms with van der Waals surface area (Å²) in [5.74, 6) is 1.10. The Balaban J connectivity index is 0.000000174. The number of benzene rings is 6. The molecule has 1 unspecified atom stereocenters. The van der Waals surface area contributed by atoms with Crippen LogP contribution in [0.25, 0.3) is 71.2 Å². The van der Waals surface area contributed by atoms with E-state index in [0.717, 1.165) is 5.82 Å². The van der Waals surface area contributed by atoms with Gasteiger partial charge in [0.05, 0.1) is 28.7 Å². The maximum absolute atomic E-state index is 3.66. The Morgan fingerprint density at radius 3 is 1.26 bits per heavy atom. The Kier molecular flexibility index (Phi) is 6.18. The average Bonchev–Trinajstić information content (AvgIpc) is 3.75. The molecule has 1 aliphatic rings. The van der Waals surface area contributed by atoms with Crippen LogP contribution in [0, 0.1) is 0 Å². The molecule has 2 N–H and O–H groups in total. The van der Waals surface area contributed by atoms with Crippen LogP contribution in [0.15, 0.2) is 152 Å². The highest BCUT2D eigenvalue weighted by Crippen LogP contribution is 2.35. The summed E-state index contributed by atoms with van der Waals surface area (Å²) < 4.78 is 7.01. The van der Waals surface area contributed by atoms with Crippen LogP contribution in [0.1, 0.15) is 6.17 Å². The summed E-state index contributed by atoms with van der Waals surface area (Å²) in [6.07, 6.45) is 2.34. The molecule has 1 aliphatic heterocycles. The molecule has 5 nitrogen and oxygen atoms in total. The minimum atomic E-state index is 0.0379. The number of nitrogens with zero attached hydrogens (tertiary/aromatic N) is 3. The van der Waals surface area contributed by atoms with Crippen LogP contribution in [0.4, 0.5) is 0 Å². The van der Waals surface area contributed by atoms with Crippen molar-refractivity contribution in [3.63, 3.8) is 0 Å². The SMILES string of the molecule is C1=C(n2c3ccccc3c3ccccc32)NCNC1n1c2ccccc2c2ccccc21.Cn1c2ccccc2c2ccccc21. The molecule has 0 fully saturated rings. The average molecular weight is 596 g/mol. The second-order valence-corrected chi connectivity index (χ2v) is 11.9. The largest absolute Gasteiger partial charge is 0.359 e. The van der Waals surface area contributed by atoms with Crippen molar-refractivity contribution in [1.29, 1.82) is 0 Å². The number of hydrogen-bond donors (Lipinski definition) is 2. The number of fused-ring (bicyclic) bond motifs is 9. The highest BCUT2D eigenvalue weighted by molar-refractivity contribution is 6.11. The smallest absolute Gasteiger partial charge is 0.111 e. The van der Waals surface area contributed by atoms with Gasteiger partial charge in [-0.3, -0.25) is 9.88 Å². The van der Waals surface area contributed by atoms with Crippen molar-refractivity contribution in [3.05, 3.63) is 152 Å². The third kappa shape index (κ3) is 4.06. The van der Waals surface area contributed by atoms with E-state index in [1.54, 1.807) is 0 Å². The Bertz CT molecular complexity index is 2440. The molecule has 5 heteroatoms. The molecule has 0 saturated carbocycles. The van der Waals surface area contributed by atoms with Crippen molar-refractivity contribution in [2.24, 2.45) is 7.05 Å². The van der Waals surface area contributed by atoms with Gasteiger partial charge in [0.1, 0.15) is 12.0 Å². The first-order valence-electron chi connectivity index (χ1n) is 15.9. The lowest BCUT2D eigenvalue weighted by atomic mass is 10.2. The molecule has 3 aromatic heterocycles. The summed E-state index contributed by atoms with van der Waals surface area (Å²) in [5.41, 5.74) is 7.52. The number of aromatic nitrogens is 3. The van der Waals surface area contributed by atoms with Gasteiger partial charge < -0.3 is 14.5 Å². The third-order valence-corrected chi connectivity index (χ3v) is 9.43. The highest BCUT2D eigenvalue weighted by atomic mass is 15.3. The molecule has 10 rings (SSSR count). The van der Waals surface area contributed by atoms with Crippen LogP contribution in [0.5, 0.6) is 0 Å². The maximum atomic E-state index is 3.66. The van der Waals surface area contributed by atoms with E-state index in [9.17, 15) is 0 Å². The van der Waals surface area contributed by atoms with Crippen LogP contribution < -0.4 is 10.6 Å². The van der Waals surface area contributed by atoms with Crippen molar-refractivity contribution >= 4 is 71.2 Å². The van der Waals surface area contributed by atoms with Gasteiger partial charge in [0.25, 0.3) is 0 Å². The zero-order valence-corrected chi connectivity index (χ0v) is 25.6. The van der Waals surface area contributed by atoms with Gasteiger partial charge in [0.15, 0.2) is 0 Å². The molecule has 0 radical (unpaired) electrons. The molecule has 0 amide bonds. The summed E-state index contributed by atoms with van der Waals surface area (Å²) in [5, 5.41) is 15.1. The van der Waals surface area contributed by atoms with Crippen molar-refractivity contribution < 1.29 is 0 Å². The van der Waals surface area contributed by atoms with E-state index < -0.39 is 0 Å². The van der Waals surface area contributed by atoms with E-state index in [1.165, 1.54) is 65.4 Å². The van der Waals surface area contributed by atoms with E-state index in [1.807, 2.05) is 0 Å². The minimum Gasteiger partial charge on any atom is -0.359 e. The summed E-state index contributed by atoms with van der Waals surface area (Å²) in [6, 6.07) is 51.7. The molecule has 0 bridgehead atoms. The Morgan fingerprint density at radius 2 is 0.804 bits per heavy atom. The van der Waals surface area contributed by atoms with Crippen molar-refractivity contribution in [1.82, 2.24) is 24.3 Å². The Morgan fingerprint density at radius 1 is 0.457 bits per heavy atom. The standard InChI is InChI=1S/C28H22N4.C13H11N/c1-5-13-23-19(9-1)20-10-2-6-14-24(20)31(23)27-17-28(30-18-29-27)32-25-15-7-3-11-21(25)22-12-4-8-16-26(22)32;1-14-12-8-4-2-6-10(12)11-7-3-5-9-13(11)14/h1-17,27,29-30H,18H2;2-9H,1H3. The minimum absolute atomic E-state index is 0.0379. The molecule has 46 heavy (non-hydrogen) atoms. The van der Waals surface area contributed by atoms with Gasteiger partial charge in [-0.2, -0.15) is 0 Å². The van der Waals surface area contributed by atoms with Gasteiger partial charge in [-0.05, 0) is 42.5 Å². The van der Waals surface area contributed by atoms with Gasteiger partial charge in [0.2, 0.25) is 0 Å². The third-order valence-electron chi connectivity index (χ3n) is 9.43. The zero-order chi connectivity index (χ0) is 30.6. The van der Waals surface area contributed by atoms with Crippen molar-refractivity contribution in [2.75, 3.05) is 6.67 Å². The Hall–Kier alpha value is -5.78. The normalized spacial score (nSPS) is 15.0. The second kappa shape index (κ2) is 10.7. The van der Waals surface area contributed by atoms with Crippen molar-refractivity contribution in [3.8, 4) is 0 Å². The van der Waals surface area contributed by atoms with Gasteiger partial charge in [0, 0.05) is 50.4 Å². The molecule has 0 aliphatic carbocycles. The van der Waals surface area contributed by atoms with E-state index in [0.29, 0.717) is 6.67 Å². The van der Waals surface area contributed by atoms with E-state index >= 15 is 0 Å². The first-order chi connectivity index (χ1) is 22.8. The van der Waals surface area contributed by atoms with Crippen LogP contribution in [0.2, 0.25) is 0 Å². The number of aryl methyl sites for hydroxylation is 1. The molecular formula is C41H33N5. The van der Waals surface area contributed by atoms with Gasteiger partial charge in [-0.15, -0.1) is 0 Å². The lowest BCUT2D eigenvalue weighted by Gasteiger charge is -2.28.